The van der Waals surface area contributed by atoms with E-state index in [2.05, 4.69) is 5.32 Å². The highest BCUT2D eigenvalue weighted by molar-refractivity contribution is 5.93. The van der Waals surface area contributed by atoms with Crippen molar-refractivity contribution in [2.45, 2.75) is 19.5 Å². The summed E-state index contributed by atoms with van der Waals surface area (Å²) in [6, 6.07) is 3.04. The van der Waals surface area contributed by atoms with Gasteiger partial charge in [0.2, 0.25) is 0 Å². The Kier molecular flexibility index (Phi) is 3.66. The fourth-order valence-corrected chi connectivity index (χ4v) is 2.08. The Morgan fingerprint density at radius 1 is 1.56 bits per heavy atom. The van der Waals surface area contributed by atoms with Gasteiger partial charge in [-0.3, -0.25) is 9.59 Å². The third kappa shape index (κ3) is 2.38. The van der Waals surface area contributed by atoms with E-state index >= 15 is 0 Å². The smallest absolute Gasteiger partial charge is 0.311 e. The first-order valence-electron chi connectivity index (χ1n) is 5.90. The molecule has 0 aromatic carbocycles. The van der Waals surface area contributed by atoms with Gasteiger partial charge in [0.05, 0.1) is 19.3 Å². The number of aliphatic carboxylic acids is 1. The number of hydrogen-bond acceptors (Lipinski definition) is 3. The molecule has 6 nitrogen and oxygen atoms in total. The van der Waals surface area contributed by atoms with Crippen molar-refractivity contribution in [3.05, 3.63) is 24.0 Å². The van der Waals surface area contributed by atoms with Crippen LogP contribution in [0.3, 0.4) is 0 Å². The van der Waals surface area contributed by atoms with Gasteiger partial charge < -0.3 is 19.7 Å². The lowest BCUT2D eigenvalue weighted by Crippen LogP contribution is -2.43. The molecule has 2 atom stereocenters. The van der Waals surface area contributed by atoms with Crippen molar-refractivity contribution in [2.24, 2.45) is 5.92 Å². The van der Waals surface area contributed by atoms with Crippen LogP contribution >= 0.6 is 0 Å². The van der Waals surface area contributed by atoms with Gasteiger partial charge in [-0.25, -0.2) is 0 Å². The summed E-state index contributed by atoms with van der Waals surface area (Å²) < 4.78 is 6.91. The fraction of sp³-hybridized carbons (Fsp3) is 0.500. The predicted octanol–water partition coefficient (Wildman–Crippen LogP) is 0.337. The minimum absolute atomic E-state index is 0.148. The van der Waals surface area contributed by atoms with Crippen molar-refractivity contribution in [3.8, 4) is 0 Å². The summed E-state index contributed by atoms with van der Waals surface area (Å²) in [4.78, 5) is 23.0. The number of amides is 1. The first kappa shape index (κ1) is 12.6. The van der Waals surface area contributed by atoms with Gasteiger partial charge in [0.15, 0.2) is 0 Å². The minimum atomic E-state index is -0.941. The van der Waals surface area contributed by atoms with Crippen molar-refractivity contribution in [3.63, 3.8) is 0 Å². The van der Waals surface area contributed by atoms with Gasteiger partial charge in [-0.05, 0) is 19.1 Å². The highest BCUT2D eigenvalue weighted by Crippen LogP contribution is 2.14. The van der Waals surface area contributed by atoms with E-state index in [0.717, 1.165) is 0 Å². The third-order valence-electron chi connectivity index (χ3n) is 3.12. The normalized spacial score (nSPS) is 22.9. The zero-order valence-electron chi connectivity index (χ0n) is 10.1. The standard InChI is InChI=1S/C12H16N2O4/c1-2-14-5-3-4-10(14)11(15)13-9-7-18-6-8(9)12(16)17/h3-5,8-9H,2,6-7H2,1H3,(H,13,15)(H,16,17). The summed E-state index contributed by atoms with van der Waals surface area (Å²) >= 11 is 0. The number of carboxylic acid groups (broad SMARTS) is 1. The second kappa shape index (κ2) is 5.22. The molecule has 2 rings (SSSR count). The molecule has 1 aliphatic heterocycles. The second-order valence-electron chi connectivity index (χ2n) is 4.24. The number of hydrogen-bond donors (Lipinski definition) is 2. The Labute approximate surface area is 105 Å². The molecule has 0 saturated carbocycles. The van der Waals surface area contributed by atoms with Crippen molar-refractivity contribution in [2.75, 3.05) is 13.2 Å². The molecule has 1 saturated heterocycles. The molecule has 0 radical (unpaired) electrons. The number of carbonyl (C=O) groups excluding carboxylic acids is 1. The summed E-state index contributed by atoms with van der Waals surface area (Å²) in [5.41, 5.74) is 0.536. The van der Waals surface area contributed by atoms with Crippen LogP contribution < -0.4 is 5.32 Å². The number of aryl methyl sites for hydroxylation is 1. The van der Waals surface area contributed by atoms with Crippen molar-refractivity contribution in [1.82, 2.24) is 9.88 Å². The van der Waals surface area contributed by atoms with Gasteiger partial charge in [-0.1, -0.05) is 0 Å². The number of carboxylic acids is 1. The quantitative estimate of drug-likeness (QED) is 0.809. The molecule has 18 heavy (non-hydrogen) atoms. The first-order valence-corrected chi connectivity index (χ1v) is 5.90. The predicted molar refractivity (Wildman–Crippen MR) is 63.3 cm³/mol. The molecular formula is C12H16N2O4. The highest BCUT2D eigenvalue weighted by atomic mass is 16.5. The van der Waals surface area contributed by atoms with E-state index < -0.39 is 17.9 Å². The van der Waals surface area contributed by atoms with Gasteiger partial charge in [-0.2, -0.15) is 0 Å². The van der Waals surface area contributed by atoms with E-state index in [1.807, 2.05) is 13.1 Å². The second-order valence-corrected chi connectivity index (χ2v) is 4.24. The van der Waals surface area contributed by atoms with Crippen LogP contribution in [0.4, 0.5) is 0 Å². The van der Waals surface area contributed by atoms with Gasteiger partial charge >= 0.3 is 5.97 Å². The zero-order valence-corrected chi connectivity index (χ0v) is 10.1. The largest absolute Gasteiger partial charge is 0.481 e. The Bertz CT molecular complexity index is 455. The molecule has 1 aliphatic rings. The maximum atomic E-state index is 12.0. The summed E-state index contributed by atoms with van der Waals surface area (Å²) in [6.45, 7) is 3.03. The van der Waals surface area contributed by atoms with Crippen LogP contribution in [0.15, 0.2) is 18.3 Å². The molecule has 1 aromatic heterocycles. The van der Waals surface area contributed by atoms with Crippen LogP contribution in [0.1, 0.15) is 17.4 Å². The number of rotatable bonds is 4. The van der Waals surface area contributed by atoms with Crippen molar-refractivity contribution in [1.29, 1.82) is 0 Å². The van der Waals surface area contributed by atoms with E-state index in [1.165, 1.54) is 0 Å². The SMILES string of the molecule is CCn1cccc1C(=O)NC1COCC1C(=O)O. The third-order valence-corrected chi connectivity index (χ3v) is 3.12. The monoisotopic (exact) mass is 252 g/mol. The zero-order chi connectivity index (χ0) is 13.1. The van der Waals surface area contributed by atoms with Crippen LogP contribution in [0.5, 0.6) is 0 Å². The van der Waals surface area contributed by atoms with E-state index in [1.54, 1.807) is 16.7 Å². The summed E-state index contributed by atoms with van der Waals surface area (Å²) in [5.74, 6) is -1.87. The van der Waals surface area contributed by atoms with E-state index in [9.17, 15) is 9.59 Å². The van der Waals surface area contributed by atoms with Crippen LogP contribution in [0.25, 0.3) is 0 Å². The molecule has 2 heterocycles. The van der Waals surface area contributed by atoms with Gasteiger partial charge in [0, 0.05) is 12.7 Å². The van der Waals surface area contributed by atoms with Crippen LogP contribution in [-0.4, -0.2) is 40.8 Å². The number of carbonyl (C=O) groups is 2. The van der Waals surface area contributed by atoms with E-state index in [4.69, 9.17) is 9.84 Å². The summed E-state index contributed by atoms with van der Waals surface area (Å²) in [7, 11) is 0. The Balaban J connectivity index is 2.05. The average Bonchev–Trinajstić information content (AvgIpc) is 2.96. The fourth-order valence-electron chi connectivity index (χ4n) is 2.08. The van der Waals surface area contributed by atoms with Crippen molar-refractivity contribution >= 4 is 11.9 Å². The molecule has 1 fully saturated rings. The first-order chi connectivity index (χ1) is 8.63. The average molecular weight is 252 g/mol. The molecule has 2 N–H and O–H groups in total. The van der Waals surface area contributed by atoms with E-state index in [0.29, 0.717) is 12.2 Å². The number of nitrogens with zero attached hydrogens (tertiary/aromatic N) is 1. The molecular weight excluding hydrogens is 236 g/mol. The lowest BCUT2D eigenvalue weighted by Gasteiger charge is -2.16. The lowest BCUT2D eigenvalue weighted by molar-refractivity contribution is -0.142. The van der Waals surface area contributed by atoms with Gasteiger partial charge in [0.1, 0.15) is 11.6 Å². The molecule has 1 amide bonds. The molecule has 1 aromatic rings. The number of aromatic nitrogens is 1. The lowest BCUT2D eigenvalue weighted by atomic mass is 10.0. The molecule has 0 aliphatic carbocycles. The molecule has 98 valence electrons. The Morgan fingerprint density at radius 2 is 2.33 bits per heavy atom. The maximum absolute atomic E-state index is 12.0. The van der Waals surface area contributed by atoms with Crippen molar-refractivity contribution < 1.29 is 19.4 Å². The molecule has 0 spiro atoms. The summed E-state index contributed by atoms with van der Waals surface area (Å²) in [5, 5.41) is 11.7. The molecule has 2 unspecified atom stereocenters. The molecule has 6 heteroatoms. The van der Waals surface area contributed by atoms with Crippen LogP contribution in [0.2, 0.25) is 0 Å². The Hall–Kier alpha value is -1.82. The maximum Gasteiger partial charge on any atom is 0.311 e. The number of nitrogens with one attached hydrogen (secondary N) is 1. The number of ether oxygens (including phenoxy) is 1. The van der Waals surface area contributed by atoms with Gasteiger partial charge in [-0.15, -0.1) is 0 Å². The van der Waals surface area contributed by atoms with E-state index in [-0.39, 0.29) is 19.1 Å². The Morgan fingerprint density at radius 3 is 3.00 bits per heavy atom. The van der Waals surface area contributed by atoms with Crippen LogP contribution in [-0.2, 0) is 16.1 Å². The topological polar surface area (TPSA) is 80.6 Å². The van der Waals surface area contributed by atoms with Gasteiger partial charge in [0.25, 0.3) is 5.91 Å². The summed E-state index contributed by atoms with van der Waals surface area (Å²) in [6.07, 6.45) is 1.81. The minimum Gasteiger partial charge on any atom is -0.481 e. The highest BCUT2D eigenvalue weighted by Gasteiger charge is 2.35. The van der Waals surface area contributed by atoms with Crippen LogP contribution in [0, 0.1) is 5.92 Å². The molecule has 0 bridgehead atoms.